The summed E-state index contributed by atoms with van der Waals surface area (Å²) >= 11 is 0. The molecule has 0 radical (unpaired) electrons. The maximum Gasteiger partial charge on any atom is 0.230 e. The first-order valence-electron chi connectivity index (χ1n) is 5.96. The van der Waals surface area contributed by atoms with Crippen molar-refractivity contribution in [1.29, 1.82) is 0 Å². The summed E-state index contributed by atoms with van der Waals surface area (Å²) in [5.41, 5.74) is 2.15. The lowest BCUT2D eigenvalue weighted by atomic mass is 9.95. The molecule has 5 heteroatoms. The first-order chi connectivity index (χ1) is 8.38. The number of nitrogens with zero attached hydrogens (tertiary/aromatic N) is 3. The molecular weight excluding hydrogens is 216 g/mol. The van der Waals surface area contributed by atoms with Gasteiger partial charge < -0.3 is 10.1 Å². The molecule has 0 aliphatic carbocycles. The minimum atomic E-state index is 0.582. The minimum absolute atomic E-state index is 0.582. The molecule has 5 nitrogen and oxygen atoms in total. The van der Waals surface area contributed by atoms with Crippen LogP contribution in [0, 0.1) is 0 Å². The first kappa shape index (κ1) is 10.5. The highest BCUT2D eigenvalue weighted by Gasteiger charge is 2.19. The lowest BCUT2D eigenvalue weighted by molar-refractivity contribution is 0.394. The molecule has 90 valence electrons. The second-order valence-electron chi connectivity index (χ2n) is 4.37. The molecule has 1 fully saturated rings. The second-order valence-corrected chi connectivity index (χ2v) is 4.37. The Bertz CT molecular complexity index is 516. The van der Waals surface area contributed by atoms with Gasteiger partial charge in [-0.1, -0.05) is 0 Å². The number of imidazole rings is 1. The van der Waals surface area contributed by atoms with Crippen LogP contribution in [0.15, 0.2) is 18.6 Å². The van der Waals surface area contributed by atoms with Crippen molar-refractivity contribution in [3.05, 3.63) is 24.3 Å². The van der Waals surface area contributed by atoms with E-state index in [1.54, 1.807) is 13.3 Å². The SMILES string of the molecule is COc1cn2c(C3CCNCC3)cnc2cn1. The Morgan fingerprint density at radius 1 is 1.29 bits per heavy atom. The molecule has 3 heterocycles. The van der Waals surface area contributed by atoms with E-state index in [0.717, 1.165) is 18.7 Å². The second kappa shape index (κ2) is 4.33. The fourth-order valence-corrected chi connectivity index (χ4v) is 2.42. The number of hydrogen-bond acceptors (Lipinski definition) is 4. The van der Waals surface area contributed by atoms with E-state index in [0.29, 0.717) is 11.8 Å². The number of rotatable bonds is 2. The van der Waals surface area contributed by atoms with Crippen molar-refractivity contribution in [3.63, 3.8) is 0 Å². The standard InChI is InChI=1S/C12H16N4O/c1-17-12-8-16-10(6-14-11(16)7-15-12)9-2-4-13-5-3-9/h6-9,13H,2-5H2,1H3. The number of methoxy groups -OCH3 is 1. The first-order valence-corrected chi connectivity index (χ1v) is 5.96. The van der Waals surface area contributed by atoms with Crippen LogP contribution >= 0.6 is 0 Å². The van der Waals surface area contributed by atoms with Gasteiger partial charge in [0.1, 0.15) is 0 Å². The topological polar surface area (TPSA) is 51.5 Å². The highest BCUT2D eigenvalue weighted by Crippen LogP contribution is 2.26. The van der Waals surface area contributed by atoms with Crippen LogP contribution in [0.2, 0.25) is 0 Å². The zero-order chi connectivity index (χ0) is 11.7. The fraction of sp³-hybridized carbons (Fsp3) is 0.500. The molecule has 0 amide bonds. The number of ether oxygens (including phenoxy) is 1. The number of aromatic nitrogens is 3. The molecule has 17 heavy (non-hydrogen) atoms. The van der Waals surface area contributed by atoms with Crippen molar-refractivity contribution >= 4 is 5.65 Å². The molecule has 0 saturated carbocycles. The molecule has 1 N–H and O–H groups in total. The van der Waals surface area contributed by atoms with E-state index < -0.39 is 0 Å². The van der Waals surface area contributed by atoms with Gasteiger partial charge in [-0.2, -0.15) is 0 Å². The van der Waals surface area contributed by atoms with E-state index in [1.165, 1.54) is 18.5 Å². The van der Waals surface area contributed by atoms with Crippen molar-refractivity contribution in [2.24, 2.45) is 0 Å². The van der Waals surface area contributed by atoms with Crippen LogP contribution in [0.5, 0.6) is 5.88 Å². The Hall–Kier alpha value is -1.62. The molecule has 2 aromatic rings. The third kappa shape index (κ3) is 1.86. The van der Waals surface area contributed by atoms with Crippen molar-refractivity contribution in [1.82, 2.24) is 19.7 Å². The highest BCUT2D eigenvalue weighted by molar-refractivity contribution is 5.40. The third-order valence-electron chi connectivity index (χ3n) is 3.37. The van der Waals surface area contributed by atoms with Crippen LogP contribution in [0.1, 0.15) is 24.5 Å². The van der Waals surface area contributed by atoms with E-state index in [-0.39, 0.29) is 0 Å². The van der Waals surface area contributed by atoms with E-state index in [9.17, 15) is 0 Å². The number of fused-ring (bicyclic) bond motifs is 1. The smallest absolute Gasteiger partial charge is 0.230 e. The van der Waals surface area contributed by atoms with E-state index >= 15 is 0 Å². The Morgan fingerprint density at radius 2 is 2.12 bits per heavy atom. The van der Waals surface area contributed by atoms with Crippen LogP contribution < -0.4 is 10.1 Å². The van der Waals surface area contributed by atoms with Crippen LogP contribution in [0.3, 0.4) is 0 Å². The molecule has 0 unspecified atom stereocenters. The van der Waals surface area contributed by atoms with Crippen LogP contribution in [-0.2, 0) is 0 Å². The van der Waals surface area contributed by atoms with Gasteiger partial charge in [0.2, 0.25) is 5.88 Å². The maximum atomic E-state index is 5.16. The largest absolute Gasteiger partial charge is 0.480 e. The average molecular weight is 232 g/mol. The summed E-state index contributed by atoms with van der Waals surface area (Å²) in [5, 5.41) is 3.38. The van der Waals surface area contributed by atoms with Gasteiger partial charge in [-0.25, -0.2) is 9.97 Å². The van der Waals surface area contributed by atoms with Gasteiger partial charge in [-0.3, -0.25) is 4.40 Å². The zero-order valence-electron chi connectivity index (χ0n) is 9.89. The van der Waals surface area contributed by atoms with Crippen molar-refractivity contribution < 1.29 is 4.74 Å². The van der Waals surface area contributed by atoms with Gasteiger partial charge in [0.25, 0.3) is 0 Å². The van der Waals surface area contributed by atoms with Crippen molar-refractivity contribution in [3.8, 4) is 5.88 Å². The summed E-state index contributed by atoms with van der Waals surface area (Å²) in [7, 11) is 1.63. The summed E-state index contributed by atoms with van der Waals surface area (Å²) in [6, 6.07) is 0. The fourth-order valence-electron chi connectivity index (χ4n) is 2.42. The van der Waals surface area contributed by atoms with Gasteiger partial charge >= 0.3 is 0 Å². The van der Waals surface area contributed by atoms with Crippen molar-refractivity contribution in [2.45, 2.75) is 18.8 Å². The number of hydrogen-bond donors (Lipinski definition) is 1. The lowest BCUT2D eigenvalue weighted by Gasteiger charge is -2.22. The van der Waals surface area contributed by atoms with E-state index in [2.05, 4.69) is 19.7 Å². The molecule has 1 saturated heterocycles. The van der Waals surface area contributed by atoms with Crippen molar-refractivity contribution in [2.75, 3.05) is 20.2 Å². The molecule has 3 rings (SSSR count). The van der Waals surface area contributed by atoms with Gasteiger partial charge in [-0.15, -0.1) is 0 Å². The Balaban J connectivity index is 2.02. The van der Waals surface area contributed by atoms with Crippen LogP contribution in [-0.4, -0.2) is 34.6 Å². The normalized spacial score (nSPS) is 17.5. The van der Waals surface area contributed by atoms with Gasteiger partial charge in [0.15, 0.2) is 5.65 Å². The van der Waals surface area contributed by atoms with E-state index in [4.69, 9.17) is 4.74 Å². The predicted octanol–water partition coefficient (Wildman–Crippen LogP) is 1.20. The van der Waals surface area contributed by atoms with Gasteiger partial charge in [0.05, 0.1) is 19.5 Å². The Labute approximate surface area is 99.8 Å². The Kier molecular flexibility index (Phi) is 2.68. The third-order valence-corrected chi connectivity index (χ3v) is 3.37. The van der Waals surface area contributed by atoms with Crippen LogP contribution in [0.25, 0.3) is 5.65 Å². The van der Waals surface area contributed by atoms with E-state index in [1.807, 2.05) is 12.4 Å². The molecule has 1 aliphatic heterocycles. The molecule has 0 aromatic carbocycles. The van der Waals surface area contributed by atoms with Crippen LogP contribution in [0.4, 0.5) is 0 Å². The molecule has 2 aromatic heterocycles. The summed E-state index contributed by atoms with van der Waals surface area (Å²) in [6.45, 7) is 2.17. The average Bonchev–Trinajstić information content (AvgIpc) is 2.82. The number of piperidine rings is 1. The number of nitrogens with one attached hydrogen (secondary N) is 1. The molecule has 1 aliphatic rings. The molecule has 0 spiro atoms. The quantitative estimate of drug-likeness (QED) is 0.845. The van der Waals surface area contributed by atoms with Gasteiger partial charge in [0, 0.05) is 17.8 Å². The maximum absolute atomic E-state index is 5.16. The van der Waals surface area contributed by atoms with Gasteiger partial charge in [-0.05, 0) is 25.9 Å². The summed E-state index contributed by atoms with van der Waals surface area (Å²) in [5.74, 6) is 1.21. The summed E-state index contributed by atoms with van der Waals surface area (Å²) in [6.07, 6.45) is 7.96. The zero-order valence-corrected chi connectivity index (χ0v) is 9.89. The predicted molar refractivity (Wildman–Crippen MR) is 64.4 cm³/mol. The monoisotopic (exact) mass is 232 g/mol. The molecule has 0 bridgehead atoms. The highest BCUT2D eigenvalue weighted by atomic mass is 16.5. The lowest BCUT2D eigenvalue weighted by Crippen LogP contribution is -2.27. The molecule has 0 atom stereocenters. The molecular formula is C12H16N4O. The summed E-state index contributed by atoms with van der Waals surface area (Å²) in [4.78, 5) is 8.56. The summed E-state index contributed by atoms with van der Waals surface area (Å²) < 4.78 is 7.26. The minimum Gasteiger partial charge on any atom is -0.480 e. The Morgan fingerprint density at radius 3 is 2.88 bits per heavy atom.